The molecule has 0 fully saturated rings. The molecule has 0 saturated heterocycles. The molecule has 6 nitrogen and oxygen atoms in total. The Bertz CT molecular complexity index is 1340. The van der Waals surface area contributed by atoms with Gasteiger partial charge in [0.2, 0.25) is 6.79 Å². The van der Waals surface area contributed by atoms with Crippen LogP contribution in [0.4, 0.5) is 0 Å². The normalized spacial score (nSPS) is 12.3. The van der Waals surface area contributed by atoms with Crippen LogP contribution in [0.1, 0.15) is 37.1 Å². The van der Waals surface area contributed by atoms with E-state index in [0.717, 1.165) is 59.4 Å². The van der Waals surface area contributed by atoms with Crippen LogP contribution in [0.15, 0.2) is 72.8 Å². The molecule has 7 heteroatoms. The quantitative estimate of drug-likeness (QED) is 0.215. The molecule has 0 atom stereocenters. The van der Waals surface area contributed by atoms with E-state index in [2.05, 4.69) is 52.8 Å². The molecule has 5 rings (SSSR count). The molecule has 4 aromatic rings. The van der Waals surface area contributed by atoms with Crippen molar-refractivity contribution in [3.05, 3.63) is 94.8 Å². The molecular formula is C30H32ClN3O3. The highest BCUT2D eigenvalue weighted by Crippen LogP contribution is 2.34. The van der Waals surface area contributed by atoms with E-state index in [1.807, 2.05) is 43.3 Å². The Hall–Kier alpha value is -3.48. The summed E-state index contributed by atoms with van der Waals surface area (Å²) in [6.45, 7) is 8.01. The molecule has 2 heterocycles. The molecule has 0 N–H and O–H groups in total. The number of halogens is 1. The molecule has 1 aliphatic rings. The molecule has 0 bridgehead atoms. The molecule has 0 radical (unpaired) electrons. The molecule has 1 aromatic heterocycles. The monoisotopic (exact) mass is 517 g/mol. The molecule has 0 saturated carbocycles. The van der Waals surface area contributed by atoms with Gasteiger partial charge in [0.1, 0.15) is 11.6 Å². The van der Waals surface area contributed by atoms with Crippen LogP contribution in [-0.4, -0.2) is 27.9 Å². The summed E-state index contributed by atoms with van der Waals surface area (Å²) in [5, 5.41) is 0.547. The highest BCUT2D eigenvalue weighted by molar-refractivity contribution is 6.30. The van der Waals surface area contributed by atoms with Crippen molar-refractivity contribution in [2.45, 2.75) is 46.4 Å². The largest absolute Gasteiger partial charge is 0.494 e. The summed E-state index contributed by atoms with van der Waals surface area (Å²) < 4.78 is 19.2. The fourth-order valence-corrected chi connectivity index (χ4v) is 4.96. The number of ether oxygens (including phenoxy) is 3. The van der Waals surface area contributed by atoms with Crippen LogP contribution in [0, 0.1) is 0 Å². The lowest BCUT2D eigenvalue weighted by Crippen LogP contribution is -2.24. The number of hydrogen-bond acceptors (Lipinski definition) is 5. The zero-order valence-corrected chi connectivity index (χ0v) is 22.1. The number of fused-ring (bicyclic) bond motifs is 1. The summed E-state index contributed by atoms with van der Waals surface area (Å²) in [7, 11) is 0. The lowest BCUT2D eigenvalue weighted by Gasteiger charge is -2.24. The summed E-state index contributed by atoms with van der Waals surface area (Å²) in [5.74, 6) is 3.36. The Balaban J connectivity index is 1.48. The standard InChI is InChI=1S/C30H32ClN3O3/c1-3-15-34-26(29(31)32-30(34)24-10-6-5-7-11-24)20-33(18-22-9-8-12-25(16-22)35-4-2)19-23-13-14-27-28(17-23)37-21-36-27/h5-14,16-17H,3-4,15,18-21H2,1-2H3. The second-order valence-corrected chi connectivity index (χ2v) is 9.46. The van der Waals surface area contributed by atoms with Crippen molar-refractivity contribution in [3.63, 3.8) is 0 Å². The molecule has 37 heavy (non-hydrogen) atoms. The number of hydrogen-bond donors (Lipinski definition) is 0. The van der Waals surface area contributed by atoms with Gasteiger partial charge in [-0.05, 0) is 48.7 Å². The molecule has 0 amide bonds. The SMILES string of the molecule is CCCn1c(-c2ccccc2)nc(Cl)c1CN(Cc1cccc(OCC)c1)Cc1ccc2c(c1)OCO2. The van der Waals surface area contributed by atoms with Crippen molar-refractivity contribution in [2.75, 3.05) is 13.4 Å². The minimum absolute atomic E-state index is 0.265. The average molecular weight is 518 g/mol. The molecule has 192 valence electrons. The Kier molecular flexibility index (Phi) is 7.97. The third-order valence-electron chi connectivity index (χ3n) is 6.34. The van der Waals surface area contributed by atoms with E-state index in [9.17, 15) is 0 Å². The first kappa shape index (κ1) is 25.2. The maximum absolute atomic E-state index is 6.81. The minimum atomic E-state index is 0.265. The second-order valence-electron chi connectivity index (χ2n) is 9.10. The molecule has 0 aliphatic carbocycles. The van der Waals surface area contributed by atoms with Crippen LogP contribution < -0.4 is 14.2 Å². The lowest BCUT2D eigenvalue weighted by atomic mass is 10.1. The number of aromatic nitrogens is 2. The van der Waals surface area contributed by atoms with E-state index >= 15 is 0 Å². The van der Waals surface area contributed by atoms with E-state index in [4.69, 9.17) is 30.8 Å². The summed E-state index contributed by atoms with van der Waals surface area (Å²) in [5.41, 5.74) is 4.40. The fourth-order valence-electron chi connectivity index (χ4n) is 4.72. The molecule has 0 unspecified atom stereocenters. The molecular weight excluding hydrogens is 486 g/mol. The van der Waals surface area contributed by atoms with Crippen molar-refractivity contribution in [1.29, 1.82) is 0 Å². The van der Waals surface area contributed by atoms with Gasteiger partial charge in [-0.15, -0.1) is 0 Å². The Morgan fingerprint density at radius 1 is 0.892 bits per heavy atom. The predicted octanol–water partition coefficient (Wildman–Crippen LogP) is 6.94. The summed E-state index contributed by atoms with van der Waals surface area (Å²) in [4.78, 5) is 7.18. The van der Waals surface area contributed by atoms with Gasteiger partial charge in [-0.2, -0.15) is 0 Å². The zero-order chi connectivity index (χ0) is 25.6. The highest BCUT2D eigenvalue weighted by atomic mass is 35.5. The first-order chi connectivity index (χ1) is 18.1. The number of imidazole rings is 1. The zero-order valence-electron chi connectivity index (χ0n) is 21.3. The van der Waals surface area contributed by atoms with E-state index in [1.165, 1.54) is 5.56 Å². The van der Waals surface area contributed by atoms with Gasteiger partial charge in [0.25, 0.3) is 0 Å². The van der Waals surface area contributed by atoms with Gasteiger partial charge >= 0.3 is 0 Å². The summed E-state index contributed by atoms with van der Waals surface area (Å²) >= 11 is 6.81. The van der Waals surface area contributed by atoms with Crippen LogP contribution in [-0.2, 0) is 26.2 Å². The van der Waals surface area contributed by atoms with Gasteiger partial charge in [0.15, 0.2) is 16.7 Å². The third kappa shape index (κ3) is 5.92. The van der Waals surface area contributed by atoms with E-state index < -0.39 is 0 Å². The van der Waals surface area contributed by atoms with Crippen molar-refractivity contribution >= 4 is 11.6 Å². The second kappa shape index (κ2) is 11.7. The maximum Gasteiger partial charge on any atom is 0.231 e. The van der Waals surface area contributed by atoms with Crippen LogP contribution in [0.2, 0.25) is 5.15 Å². The number of rotatable bonds is 11. The Morgan fingerprint density at radius 3 is 2.46 bits per heavy atom. The molecule has 1 aliphatic heterocycles. The average Bonchev–Trinajstić information content (AvgIpc) is 3.50. The summed E-state index contributed by atoms with van der Waals surface area (Å²) in [6.07, 6.45) is 0.984. The molecule has 0 spiro atoms. The van der Waals surface area contributed by atoms with Crippen molar-refractivity contribution in [3.8, 4) is 28.6 Å². The Morgan fingerprint density at radius 2 is 1.68 bits per heavy atom. The van der Waals surface area contributed by atoms with Crippen LogP contribution in [0.25, 0.3) is 11.4 Å². The number of nitrogens with zero attached hydrogens (tertiary/aromatic N) is 3. The van der Waals surface area contributed by atoms with Gasteiger partial charge in [-0.25, -0.2) is 4.98 Å². The van der Waals surface area contributed by atoms with Gasteiger partial charge in [-0.3, -0.25) is 4.90 Å². The van der Waals surface area contributed by atoms with Crippen molar-refractivity contribution in [1.82, 2.24) is 14.5 Å². The van der Waals surface area contributed by atoms with E-state index in [1.54, 1.807) is 0 Å². The first-order valence-electron chi connectivity index (χ1n) is 12.8. The lowest BCUT2D eigenvalue weighted by molar-refractivity contribution is 0.174. The Labute approximate surface area is 223 Å². The topological polar surface area (TPSA) is 48.8 Å². The maximum atomic E-state index is 6.81. The van der Waals surface area contributed by atoms with Gasteiger partial charge < -0.3 is 18.8 Å². The van der Waals surface area contributed by atoms with Crippen molar-refractivity contribution in [2.24, 2.45) is 0 Å². The van der Waals surface area contributed by atoms with Crippen LogP contribution in [0.3, 0.4) is 0 Å². The first-order valence-corrected chi connectivity index (χ1v) is 13.1. The smallest absolute Gasteiger partial charge is 0.231 e. The van der Waals surface area contributed by atoms with E-state index in [-0.39, 0.29) is 6.79 Å². The number of benzene rings is 3. The van der Waals surface area contributed by atoms with Gasteiger partial charge in [-0.1, -0.05) is 67.1 Å². The van der Waals surface area contributed by atoms with Crippen molar-refractivity contribution < 1.29 is 14.2 Å². The molecule has 3 aromatic carbocycles. The predicted molar refractivity (Wildman–Crippen MR) is 146 cm³/mol. The van der Waals surface area contributed by atoms with Crippen LogP contribution >= 0.6 is 11.6 Å². The third-order valence-corrected chi connectivity index (χ3v) is 6.64. The fraction of sp³-hybridized carbons (Fsp3) is 0.300. The van der Waals surface area contributed by atoms with Crippen LogP contribution in [0.5, 0.6) is 17.2 Å². The van der Waals surface area contributed by atoms with Gasteiger partial charge in [0, 0.05) is 31.7 Å². The minimum Gasteiger partial charge on any atom is -0.494 e. The van der Waals surface area contributed by atoms with Gasteiger partial charge in [0.05, 0.1) is 12.3 Å². The summed E-state index contributed by atoms with van der Waals surface area (Å²) in [6, 6.07) is 24.7. The highest BCUT2D eigenvalue weighted by Gasteiger charge is 2.21. The van der Waals surface area contributed by atoms with E-state index in [0.29, 0.717) is 24.8 Å².